The lowest BCUT2D eigenvalue weighted by atomic mass is 10.0. The van der Waals surface area contributed by atoms with Crippen molar-refractivity contribution in [2.75, 3.05) is 11.9 Å². The third-order valence-corrected chi connectivity index (χ3v) is 3.24. The van der Waals surface area contributed by atoms with Gasteiger partial charge in [-0.25, -0.2) is 4.39 Å². The maximum atomic E-state index is 13.9. The second kappa shape index (κ2) is 5.41. The van der Waals surface area contributed by atoms with Crippen molar-refractivity contribution < 1.29 is 4.39 Å². The van der Waals surface area contributed by atoms with Gasteiger partial charge in [-0.1, -0.05) is 18.2 Å². The summed E-state index contributed by atoms with van der Waals surface area (Å²) in [4.78, 5) is 1.97. The Morgan fingerprint density at radius 2 is 1.84 bits per heavy atom. The quantitative estimate of drug-likeness (QED) is 0.904. The zero-order valence-corrected chi connectivity index (χ0v) is 11.5. The van der Waals surface area contributed by atoms with Gasteiger partial charge in [0, 0.05) is 30.0 Å². The van der Waals surface area contributed by atoms with Crippen molar-refractivity contribution in [3.05, 3.63) is 59.4 Å². The number of benzene rings is 2. The predicted molar refractivity (Wildman–Crippen MR) is 78.2 cm³/mol. The van der Waals surface area contributed by atoms with Gasteiger partial charge in [-0.2, -0.15) is 0 Å². The molecule has 19 heavy (non-hydrogen) atoms. The molecular weight excluding hydrogens is 239 g/mol. The summed E-state index contributed by atoms with van der Waals surface area (Å²) in [5.41, 5.74) is 9.44. The van der Waals surface area contributed by atoms with Crippen LogP contribution in [0.2, 0.25) is 0 Å². The molecule has 100 valence electrons. The van der Waals surface area contributed by atoms with Crippen molar-refractivity contribution in [1.29, 1.82) is 0 Å². The minimum Gasteiger partial charge on any atom is -0.344 e. The third kappa shape index (κ3) is 2.76. The van der Waals surface area contributed by atoms with Crippen LogP contribution >= 0.6 is 0 Å². The SMILES string of the molecule is Cc1cccc(N(C)c2cccc(F)c2[C@H](C)N)c1. The molecule has 2 nitrogen and oxygen atoms in total. The van der Waals surface area contributed by atoms with Crippen molar-refractivity contribution in [3.8, 4) is 0 Å². The number of hydrogen-bond donors (Lipinski definition) is 1. The van der Waals surface area contributed by atoms with E-state index in [2.05, 4.69) is 6.07 Å². The number of aryl methyl sites for hydroxylation is 1. The Hall–Kier alpha value is -1.87. The number of nitrogens with zero attached hydrogens (tertiary/aromatic N) is 1. The fraction of sp³-hybridized carbons (Fsp3) is 0.250. The van der Waals surface area contributed by atoms with Crippen LogP contribution in [-0.2, 0) is 0 Å². The molecule has 3 heteroatoms. The molecule has 0 radical (unpaired) electrons. The van der Waals surface area contributed by atoms with Gasteiger partial charge in [0.2, 0.25) is 0 Å². The molecule has 0 amide bonds. The molecule has 0 unspecified atom stereocenters. The molecule has 0 aliphatic heterocycles. The number of anilines is 2. The monoisotopic (exact) mass is 258 g/mol. The standard InChI is InChI=1S/C16H19FN2/c1-11-6-4-7-13(10-11)19(3)15-9-5-8-14(17)16(15)12(2)18/h4-10,12H,18H2,1-3H3/t12-/m0/s1. The van der Waals surface area contributed by atoms with Crippen LogP contribution in [0.1, 0.15) is 24.1 Å². The van der Waals surface area contributed by atoms with Gasteiger partial charge in [0.25, 0.3) is 0 Å². The summed E-state index contributed by atoms with van der Waals surface area (Å²) >= 11 is 0. The van der Waals surface area contributed by atoms with Gasteiger partial charge in [-0.15, -0.1) is 0 Å². The Kier molecular flexibility index (Phi) is 3.86. The second-order valence-corrected chi connectivity index (χ2v) is 4.86. The highest BCUT2D eigenvalue weighted by Crippen LogP contribution is 2.32. The van der Waals surface area contributed by atoms with Crippen LogP contribution < -0.4 is 10.6 Å². The van der Waals surface area contributed by atoms with Crippen molar-refractivity contribution in [1.82, 2.24) is 0 Å². The average Bonchev–Trinajstić information content (AvgIpc) is 2.37. The summed E-state index contributed by atoms with van der Waals surface area (Å²) in [5, 5.41) is 0. The largest absolute Gasteiger partial charge is 0.344 e. The zero-order valence-electron chi connectivity index (χ0n) is 11.5. The number of hydrogen-bond acceptors (Lipinski definition) is 2. The first-order valence-corrected chi connectivity index (χ1v) is 6.35. The summed E-state index contributed by atoms with van der Waals surface area (Å²) in [6, 6.07) is 12.8. The van der Waals surface area contributed by atoms with E-state index in [-0.39, 0.29) is 11.9 Å². The van der Waals surface area contributed by atoms with E-state index in [9.17, 15) is 4.39 Å². The minimum atomic E-state index is -0.344. The summed E-state index contributed by atoms with van der Waals surface area (Å²) in [5.74, 6) is -0.257. The third-order valence-electron chi connectivity index (χ3n) is 3.24. The van der Waals surface area contributed by atoms with Crippen molar-refractivity contribution in [3.63, 3.8) is 0 Å². The van der Waals surface area contributed by atoms with Gasteiger partial charge in [-0.3, -0.25) is 0 Å². The van der Waals surface area contributed by atoms with Crippen molar-refractivity contribution in [2.24, 2.45) is 5.73 Å². The first-order chi connectivity index (χ1) is 9.00. The van der Waals surface area contributed by atoms with Crippen LogP contribution in [-0.4, -0.2) is 7.05 Å². The Morgan fingerprint density at radius 3 is 2.47 bits per heavy atom. The van der Waals surface area contributed by atoms with Gasteiger partial charge in [0.1, 0.15) is 5.82 Å². The van der Waals surface area contributed by atoms with Crippen molar-refractivity contribution >= 4 is 11.4 Å². The Morgan fingerprint density at radius 1 is 1.16 bits per heavy atom. The lowest BCUT2D eigenvalue weighted by Gasteiger charge is -2.24. The van der Waals surface area contributed by atoms with Gasteiger partial charge in [0.15, 0.2) is 0 Å². The molecule has 0 heterocycles. The fourth-order valence-electron chi connectivity index (χ4n) is 2.24. The first-order valence-electron chi connectivity index (χ1n) is 6.35. The van der Waals surface area contributed by atoms with E-state index in [4.69, 9.17) is 5.73 Å². The molecule has 2 N–H and O–H groups in total. The van der Waals surface area contributed by atoms with Gasteiger partial charge in [0.05, 0.1) is 0 Å². The molecule has 1 atom stereocenters. The van der Waals surface area contributed by atoms with E-state index < -0.39 is 0 Å². The lowest BCUT2D eigenvalue weighted by molar-refractivity contribution is 0.594. The molecule has 0 bridgehead atoms. The van der Waals surface area contributed by atoms with Crippen LogP contribution in [0.4, 0.5) is 15.8 Å². The molecule has 0 fully saturated rings. The zero-order chi connectivity index (χ0) is 14.0. The smallest absolute Gasteiger partial charge is 0.130 e. The van der Waals surface area contributed by atoms with Crippen LogP contribution in [0.3, 0.4) is 0 Å². The first kappa shape index (κ1) is 13.6. The predicted octanol–water partition coefficient (Wildman–Crippen LogP) is 3.92. The van der Waals surface area contributed by atoms with Gasteiger partial charge in [-0.05, 0) is 43.7 Å². The molecule has 0 spiro atoms. The van der Waals surface area contributed by atoms with E-state index in [1.54, 1.807) is 13.0 Å². The average molecular weight is 258 g/mol. The topological polar surface area (TPSA) is 29.3 Å². The number of halogens is 1. The highest BCUT2D eigenvalue weighted by Gasteiger charge is 2.16. The number of rotatable bonds is 3. The van der Waals surface area contributed by atoms with E-state index in [1.807, 2.05) is 43.1 Å². The summed E-state index contributed by atoms with van der Waals surface area (Å²) in [6.07, 6.45) is 0. The highest BCUT2D eigenvalue weighted by atomic mass is 19.1. The van der Waals surface area contributed by atoms with Crippen molar-refractivity contribution in [2.45, 2.75) is 19.9 Å². The van der Waals surface area contributed by atoms with Crippen LogP contribution in [0.15, 0.2) is 42.5 Å². The van der Waals surface area contributed by atoms with Gasteiger partial charge >= 0.3 is 0 Å². The van der Waals surface area contributed by atoms with E-state index in [1.165, 1.54) is 11.6 Å². The summed E-state index contributed by atoms with van der Waals surface area (Å²) < 4.78 is 13.9. The Balaban J connectivity index is 2.50. The summed E-state index contributed by atoms with van der Waals surface area (Å²) in [7, 11) is 1.93. The maximum Gasteiger partial charge on any atom is 0.130 e. The molecule has 0 aliphatic rings. The fourth-order valence-corrected chi connectivity index (χ4v) is 2.24. The Labute approximate surface area is 113 Å². The Bertz CT molecular complexity index is 579. The van der Waals surface area contributed by atoms with E-state index in [0.717, 1.165) is 11.4 Å². The molecular formula is C16H19FN2. The maximum absolute atomic E-state index is 13.9. The molecule has 0 saturated heterocycles. The lowest BCUT2D eigenvalue weighted by Crippen LogP contribution is -2.17. The van der Waals surface area contributed by atoms with E-state index >= 15 is 0 Å². The van der Waals surface area contributed by atoms with E-state index in [0.29, 0.717) is 5.56 Å². The normalized spacial score (nSPS) is 12.3. The molecule has 0 aliphatic carbocycles. The molecule has 2 aromatic rings. The van der Waals surface area contributed by atoms with Crippen LogP contribution in [0.25, 0.3) is 0 Å². The number of nitrogens with two attached hydrogens (primary N) is 1. The second-order valence-electron chi connectivity index (χ2n) is 4.86. The van der Waals surface area contributed by atoms with Crippen LogP contribution in [0, 0.1) is 12.7 Å². The molecule has 2 rings (SSSR count). The molecule has 0 saturated carbocycles. The summed E-state index contributed by atoms with van der Waals surface area (Å²) in [6.45, 7) is 3.83. The highest BCUT2D eigenvalue weighted by molar-refractivity contribution is 5.67. The van der Waals surface area contributed by atoms with Gasteiger partial charge < -0.3 is 10.6 Å². The minimum absolute atomic E-state index is 0.257. The molecule has 2 aromatic carbocycles. The van der Waals surface area contributed by atoms with Crippen LogP contribution in [0.5, 0.6) is 0 Å². The molecule has 0 aromatic heterocycles.